The first-order chi connectivity index (χ1) is 9.41. The van der Waals surface area contributed by atoms with Gasteiger partial charge in [-0.25, -0.2) is 4.79 Å². The predicted molar refractivity (Wildman–Crippen MR) is 78.6 cm³/mol. The van der Waals surface area contributed by atoms with E-state index in [1.165, 1.54) is 6.42 Å². The number of hydrogen-bond donors (Lipinski definition) is 2. The fourth-order valence-corrected chi connectivity index (χ4v) is 2.55. The van der Waals surface area contributed by atoms with Crippen LogP contribution in [-0.4, -0.2) is 41.6 Å². The predicted octanol–water partition coefficient (Wildman–Crippen LogP) is 2.71. The standard InChI is InChI=1S/C15H28N2O3/c1-11(2)12(7-8-14(18)19)9-10-16-15(20)17(3)13-5-4-6-13/h11-13H,4-10H2,1-3H3,(H,16,20)(H,18,19). The van der Waals surface area contributed by atoms with Gasteiger partial charge in [-0.15, -0.1) is 0 Å². The van der Waals surface area contributed by atoms with E-state index in [1.54, 1.807) is 4.90 Å². The van der Waals surface area contributed by atoms with Crippen LogP contribution in [0.25, 0.3) is 0 Å². The summed E-state index contributed by atoms with van der Waals surface area (Å²) in [6.07, 6.45) is 5.16. The lowest BCUT2D eigenvalue weighted by Crippen LogP contribution is -2.46. The molecular formula is C15H28N2O3. The van der Waals surface area contributed by atoms with E-state index in [0.717, 1.165) is 19.3 Å². The largest absolute Gasteiger partial charge is 0.481 e. The fourth-order valence-electron chi connectivity index (χ4n) is 2.55. The molecule has 1 rings (SSSR count). The van der Waals surface area contributed by atoms with Crippen molar-refractivity contribution in [1.29, 1.82) is 0 Å². The van der Waals surface area contributed by atoms with Crippen molar-refractivity contribution >= 4 is 12.0 Å². The molecule has 0 aromatic heterocycles. The van der Waals surface area contributed by atoms with Gasteiger partial charge in [-0.3, -0.25) is 4.79 Å². The third kappa shape index (κ3) is 5.39. The zero-order chi connectivity index (χ0) is 15.1. The molecule has 2 N–H and O–H groups in total. The number of nitrogens with zero attached hydrogens (tertiary/aromatic N) is 1. The van der Waals surface area contributed by atoms with Crippen LogP contribution in [0.2, 0.25) is 0 Å². The SMILES string of the molecule is CC(C)C(CCNC(=O)N(C)C1CCC1)CCC(=O)O. The van der Waals surface area contributed by atoms with Crippen LogP contribution in [0.15, 0.2) is 0 Å². The van der Waals surface area contributed by atoms with Crippen LogP contribution in [0, 0.1) is 11.8 Å². The summed E-state index contributed by atoms with van der Waals surface area (Å²) in [7, 11) is 1.85. The molecule has 2 amide bonds. The van der Waals surface area contributed by atoms with Crippen molar-refractivity contribution in [2.24, 2.45) is 11.8 Å². The van der Waals surface area contributed by atoms with Gasteiger partial charge in [-0.2, -0.15) is 0 Å². The number of nitrogens with one attached hydrogen (secondary N) is 1. The van der Waals surface area contributed by atoms with Crippen molar-refractivity contribution in [3.8, 4) is 0 Å². The number of carbonyl (C=O) groups is 2. The lowest BCUT2D eigenvalue weighted by molar-refractivity contribution is -0.137. The van der Waals surface area contributed by atoms with Gasteiger partial charge >= 0.3 is 12.0 Å². The lowest BCUT2D eigenvalue weighted by Gasteiger charge is -2.34. The summed E-state index contributed by atoms with van der Waals surface area (Å²) in [5.74, 6) is 0.0421. The number of carbonyl (C=O) groups excluding carboxylic acids is 1. The van der Waals surface area contributed by atoms with Crippen LogP contribution in [0.1, 0.15) is 52.4 Å². The summed E-state index contributed by atoms with van der Waals surface area (Å²) in [5.41, 5.74) is 0. The van der Waals surface area contributed by atoms with E-state index in [0.29, 0.717) is 30.8 Å². The van der Waals surface area contributed by atoms with Crippen LogP contribution in [0.4, 0.5) is 4.79 Å². The minimum atomic E-state index is -0.746. The summed E-state index contributed by atoms with van der Waals surface area (Å²) in [6.45, 7) is 4.84. The molecule has 0 aromatic rings. The molecule has 0 aliphatic heterocycles. The number of amides is 2. The second-order valence-corrected chi connectivity index (χ2v) is 6.15. The summed E-state index contributed by atoms with van der Waals surface area (Å²) in [5, 5.41) is 11.7. The Morgan fingerprint density at radius 3 is 2.40 bits per heavy atom. The van der Waals surface area contributed by atoms with E-state index in [2.05, 4.69) is 19.2 Å². The van der Waals surface area contributed by atoms with Crippen molar-refractivity contribution < 1.29 is 14.7 Å². The van der Waals surface area contributed by atoms with Crippen LogP contribution in [0.3, 0.4) is 0 Å². The Hall–Kier alpha value is -1.26. The Balaban J connectivity index is 2.25. The molecule has 0 bridgehead atoms. The van der Waals surface area contributed by atoms with Crippen LogP contribution in [0.5, 0.6) is 0 Å². The van der Waals surface area contributed by atoms with E-state index in [1.807, 2.05) is 7.05 Å². The number of urea groups is 1. The van der Waals surface area contributed by atoms with Crippen LogP contribution in [-0.2, 0) is 4.79 Å². The van der Waals surface area contributed by atoms with Crippen LogP contribution < -0.4 is 5.32 Å². The maximum absolute atomic E-state index is 11.9. The monoisotopic (exact) mass is 284 g/mol. The average Bonchev–Trinajstić information content (AvgIpc) is 2.30. The molecule has 1 saturated carbocycles. The van der Waals surface area contributed by atoms with Crippen LogP contribution >= 0.6 is 0 Å². The minimum Gasteiger partial charge on any atom is -0.481 e. The van der Waals surface area contributed by atoms with Gasteiger partial charge in [0.25, 0.3) is 0 Å². The van der Waals surface area contributed by atoms with Crippen molar-refractivity contribution in [2.75, 3.05) is 13.6 Å². The molecule has 0 aromatic carbocycles. The van der Waals surface area contributed by atoms with E-state index in [9.17, 15) is 9.59 Å². The Morgan fingerprint density at radius 2 is 1.95 bits per heavy atom. The molecule has 0 saturated heterocycles. The molecular weight excluding hydrogens is 256 g/mol. The average molecular weight is 284 g/mol. The fraction of sp³-hybridized carbons (Fsp3) is 0.867. The molecule has 1 aliphatic carbocycles. The maximum Gasteiger partial charge on any atom is 0.317 e. The molecule has 20 heavy (non-hydrogen) atoms. The Kier molecular flexibility index (Phi) is 6.82. The van der Waals surface area contributed by atoms with E-state index >= 15 is 0 Å². The Labute approximate surface area is 121 Å². The van der Waals surface area contributed by atoms with Gasteiger partial charge in [0, 0.05) is 26.1 Å². The van der Waals surface area contributed by atoms with Crippen molar-refractivity contribution in [3.63, 3.8) is 0 Å². The first-order valence-corrected chi connectivity index (χ1v) is 7.64. The van der Waals surface area contributed by atoms with Crippen molar-refractivity contribution in [2.45, 2.75) is 58.4 Å². The molecule has 116 valence electrons. The maximum atomic E-state index is 11.9. The highest BCUT2D eigenvalue weighted by Gasteiger charge is 2.25. The summed E-state index contributed by atoms with van der Waals surface area (Å²) in [6, 6.07) is 0.401. The third-order valence-corrected chi connectivity index (χ3v) is 4.41. The van der Waals surface area contributed by atoms with E-state index < -0.39 is 5.97 Å². The number of aliphatic carboxylic acids is 1. The first kappa shape index (κ1) is 16.8. The molecule has 0 radical (unpaired) electrons. The zero-order valence-electron chi connectivity index (χ0n) is 12.9. The molecule has 5 nitrogen and oxygen atoms in total. The summed E-state index contributed by atoms with van der Waals surface area (Å²) in [4.78, 5) is 24.3. The zero-order valence-corrected chi connectivity index (χ0v) is 12.9. The van der Waals surface area contributed by atoms with Gasteiger partial charge in [0.15, 0.2) is 0 Å². The van der Waals surface area contributed by atoms with Gasteiger partial charge in [0.05, 0.1) is 0 Å². The summed E-state index contributed by atoms with van der Waals surface area (Å²) < 4.78 is 0. The second-order valence-electron chi connectivity index (χ2n) is 6.15. The summed E-state index contributed by atoms with van der Waals surface area (Å²) >= 11 is 0. The van der Waals surface area contributed by atoms with Gasteiger partial charge in [-0.05, 0) is 43.9 Å². The topological polar surface area (TPSA) is 69.6 Å². The second kappa shape index (κ2) is 8.12. The normalized spacial score (nSPS) is 16.6. The molecule has 5 heteroatoms. The van der Waals surface area contributed by atoms with Crippen molar-refractivity contribution in [3.05, 3.63) is 0 Å². The van der Waals surface area contributed by atoms with Gasteiger partial charge in [0.1, 0.15) is 0 Å². The molecule has 1 atom stereocenters. The van der Waals surface area contributed by atoms with Crippen molar-refractivity contribution in [1.82, 2.24) is 10.2 Å². The van der Waals surface area contributed by atoms with Gasteiger partial charge < -0.3 is 15.3 Å². The highest BCUT2D eigenvalue weighted by atomic mass is 16.4. The molecule has 1 unspecified atom stereocenters. The number of carboxylic acids is 1. The first-order valence-electron chi connectivity index (χ1n) is 7.64. The third-order valence-electron chi connectivity index (χ3n) is 4.41. The Morgan fingerprint density at radius 1 is 1.30 bits per heavy atom. The van der Waals surface area contributed by atoms with E-state index in [-0.39, 0.29) is 12.5 Å². The molecule has 1 aliphatic rings. The minimum absolute atomic E-state index is 0.00422. The van der Waals surface area contributed by atoms with Gasteiger partial charge in [0.2, 0.25) is 0 Å². The van der Waals surface area contributed by atoms with Gasteiger partial charge in [-0.1, -0.05) is 13.8 Å². The number of carboxylic acid groups (broad SMARTS) is 1. The van der Waals surface area contributed by atoms with E-state index in [4.69, 9.17) is 5.11 Å². The highest BCUT2D eigenvalue weighted by Crippen LogP contribution is 2.23. The molecule has 1 fully saturated rings. The lowest BCUT2D eigenvalue weighted by atomic mass is 9.88. The Bertz CT molecular complexity index is 327. The smallest absolute Gasteiger partial charge is 0.317 e. The molecule has 0 spiro atoms. The highest BCUT2D eigenvalue weighted by molar-refractivity contribution is 5.74. The quantitative estimate of drug-likeness (QED) is 0.720. The molecule has 0 heterocycles. The number of hydrogen-bond acceptors (Lipinski definition) is 2. The number of rotatable bonds is 8.